The van der Waals surface area contributed by atoms with E-state index in [2.05, 4.69) is 15.0 Å². The molecule has 0 aliphatic carbocycles. The number of aromatic nitrogens is 4. The van der Waals surface area contributed by atoms with Crippen LogP contribution in [0.5, 0.6) is 0 Å². The summed E-state index contributed by atoms with van der Waals surface area (Å²) in [5.41, 5.74) is 5.62. The molecule has 3 heterocycles. The Hall–Kier alpha value is -1.59. The summed E-state index contributed by atoms with van der Waals surface area (Å²) >= 11 is 5.84. The lowest BCUT2D eigenvalue weighted by atomic mass is 10.0. The molecule has 21 heavy (non-hydrogen) atoms. The highest BCUT2D eigenvalue weighted by Gasteiger charge is 2.53. The minimum absolute atomic E-state index is 0.0252. The summed E-state index contributed by atoms with van der Waals surface area (Å²) < 4.78 is 20.4. The third kappa shape index (κ3) is 2.12. The number of nitrogens with zero attached hydrogens (tertiary/aromatic N) is 4. The lowest BCUT2D eigenvalue weighted by Gasteiger charge is -2.39. The third-order valence-corrected chi connectivity index (χ3v) is 3.46. The molecule has 0 spiro atoms. The first-order valence-corrected chi connectivity index (χ1v) is 6.24. The summed E-state index contributed by atoms with van der Waals surface area (Å²) in [5.74, 6) is -3.43. The van der Waals surface area contributed by atoms with Gasteiger partial charge in [-0.1, -0.05) is 11.6 Å². The van der Waals surface area contributed by atoms with E-state index in [1.54, 1.807) is 0 Å². The molecule has 3 rings (SSSR count). The van der Waals surface area contributed by atoms with Crippen molar-refractivity contribution in [3.63, 3.8) is 0 Å². The van der Waals surface area contributed by atoms with Crippen LogP contribution in [0.25, 0.3) is 11.2 Å². The van der Waals surface area contributed by atoms with Crippen LogP contribution in [0.15, 0.2) is 6.33 Å². The van der Waals surface area contributed by atoms with Gasteiger partial charge in [0.05, 0.1) is 12.9 Å². The number of nitrogen functional groups attached to an aromatic ring is 1. The van der Waals surface area contributed by atoms with Crippen LogP contribution in [0.3, 0.4) is 0 Å². The molecule has 0 unspecified atom stereocenters. The first kappa shape index (κ1) is 14.4. The van der Waals surface area contributed by atoms with E-state index in [4.69, 9.17) is 22.1 Å². The largest absolute Gasteiger partial charge is 0.388 e. The van der Waals surface area contributed by atoms with E-state index < -0.39 is 24.3 Å². The minimum Gasteiger partial charge on any atom is -0.388 e. The van der Waals surface area contributed by atoms with Gasteiger partial charge in [0.1, 0.15) is 17.7 Å². The predicted molar refractivity (Wildman–Crippen MR) is 67.8 cm³/mol. The van der Waals surface area contributed by atoms with Gasteiger partial charge in [-0.05, 0) is 0 Å². The van der Waals surface area contributed by atoms with Gasteiger partial charge < -0.3 is 25.8 Å². The molecule has 11 heteroatoms. The van der Waals surface area contributed by atoms with E-state index >= 15 is 0 Å². The van der Waals surface area contributed by atoms with Crippen molar-refractivity contribution in [1.82, 2.24) is 19.5 Å². The maximum atomic E-state index is 14.3. The molecule has 1 fully saturated rings. The quantitative estimate of drug-likeness (QED) is 0.489. The summed E-state index contributed by atoms with van der Waals surface area (Å²) in [6.45, 7) is -0.383. The first-order valence-electron chi connectivity index (χ1n) is 5.87. The molecule has 2 aromatic heterocycles. The zero-order valence-corrected chi connectivity index (χ0v) is 11.1. The number of rotatable bonds is 1. The van der Waals surface area contributed by atoms with Crippen molar-refractivity contribution in [2.24, 2.45) is 0 Å². The number of halogens is 2. The molecule has 0 saturated carbocycles. The highest BCUT2D eigenvalue weighted by molar-refractivity contribution is 6.33. The number of alkyl halides is 1. The summed E-state index contributed by atoms with van der Waals surface area (Å²) in [6.07, 6.45) is -4.17. The molecule has 4 atom stereocenters. The maximum absolute atomic E-state index is 14.3. The van der Waals surface area contributed by atoms with Crippen molar-refractivity contribution >= 4 is 28.7 Å². The maximum Gasteiger partial charge on any atom is 0.281 e. The summed E-state index contributed by atoms with van der Waals surface area (Å²) in [6, 6.07) is 0. The number of anilines is 1. The second-order valence-corrected chi connectivity index (χ2v) is 4.98. The van der Waals surface area contributed by atoms with Gasteiger partial charge in [-0.2, -0.15) is 9.97 Å². The van der Waals surface area contributed by atoms with Gasteiger partial charge in [0.2, 0.25) is 5.95 Å². The fourth-order valence-electron chi connectivity index (χ4n) is 2.16. The van der Waals surface area contributed by atoms with E-state index in [1.165, 1.54) is 0 Å². The predicted octanol–water partition coefficient (Wildman–Crippen LogP) is -1.03. The highest BCUT2D eigenvalue weighted by Crippen LogP contribution is 2.37. The molecule has 114 valence electrons. The zero-order valence-electron chi connectivity index (χ0n) is 10.4. The van der Waals surface area contributed by atoms with Gasteiger partial charge in [-0.3, -0.25) is 4.57 Å². The van der Waals surface area contributed by atoms with Crippen LogP contribution >= 0.6 is 11.6 Å². The number of imidazole rings is 1. The number of aliphatic hydroxyl groups is 3. The molecule has 1 aliphatic rings. The Kier molecular flexibility index (Phi) is 3.22. The number of nitrogens with two attached hydrogens (primary N) is 1. The Morgan fingerprint density at radius 1 is 1.48 bits per heavy atom. The molecular weight excluding hydrogens is 309 g/mol. The fourth-order valence-corrected chi connectivity index (χ4v) is 2.38. The van der Waals surface area contributed by atoms with Crippen LogP contribution in [0.1, 0.15) is 6.23 Å². The summed E-state index contributed by atoms with van der Waals surface area (Å²) in [7, 11) is 0. The second-order valence-electron chi connectivity index (χ2n) is 4.62. The van der Waals surface area contributed by atoms with E-state index in [9.17, 15) is 19.7 Å². The van der Waals surface area contributed by atoms with Crippen LogP contribution < -0.4 is 5.73 Å². The van der Waals surface area contributed by atoms with Gasteiger partial charge in [0.15, 0.2) is 17.0 Å². The average Bonchev–Trinajstić information content (AvgIpc) is 2.80. The lowest BCUT2D eigenvalue weighted by molar-refractivity contribution is -0.318. The Bertz CT molecular complexity index is 695. The first-order chi connectivity index (χ1) is 9.82. The van der Waals surface area contributed by atoms with Crippen molar-refractivity contribution in [3.8, 4) is 0 Å². The molecule has 9 nitrogen and oxygen atoms in total. The van der Waals surface area contributed by atoms with Gasteiger partial charge in [0, 0.05) is 0 Å². The summed E-state index contributed by atoms with van der Waals surface area (Å²) in [5, 5.41) is 28.7. The van der Waals surface area contributed by atoms with Crippen molar-refractivity contribution in [2.75, 3.05) is 12.3 Å². The SMILES string of the molecule is Nc1nc(Cl)c2ncn([C@@H]3OC[C@@H](O)[C@@H](O)[C@@]3(O)F)c2n1. The van der Waals surface area contributed by atoms with Crippen molar-refractivity contribution in [1.29, 1.82) is 0 Å². The van der Waals surface area contributed by atoms with Crippen LogP contribution in [-0.2, 0) is 4.74 Å². The zero-order chi connectivity index (χ0) is 15.4. The third-order valence-electron chi connectivity index (χ3n) is 3.20. The number of hydrogen-bond acceptors (Lipinski definition) is 8. The van der Waals surface area contributed by atoms with Crippen molar-refractivity contribution in [2.45, 2.75) is 24.3 Å². The smallest absolute Gasteiger partial charge is 0.281 e. The fraction of sp³-hybridized carbons (Fsp3) is 0.500. The van der Waals surface area contributed by atoms with Gasteiger partial charge >= 0.3 is 0 Å². The Morgan fingerprint density at radius 3 is 2.90 bits per heavy atom. The second kappa shape index (κ2) is 4.71. The van der Waals surface area contributed by atoms with Crippen LogP contribution in [0, 0.1) is 0 Å². The Labute approximate surface area is 121 Å². The van der Waals surface area contributed by atoms with Crippen molar-refractivity contribution < 1.29 is 24.4 Å². The molecule has 0 radical (unpaired) electrons. The number of ether oxygens (including phenoxy) is 1. The highest BCUT2D eigenvalue weighted by atomic mass is 35.5. The van der Waals surface area contributed by atoms with E-state index in [-0.39, 0.29) is 28.9 Å². The van der Waals surface area contributed by atoms with E-state index in [0.717, 1.165) is 10.9 Å². The van der Waals surface area contributed by atoms with E-state index in [1.807, 2.05) is 0 Å². The Morgan fingerprint density at radius 2 is 2.19 bits per heavy atom. The number of hydrogen-bond donors (Lipinski definition) is 4. The molecule has 0 aromatic carbocycles. The standard InChI is InChI=1S/C10H11ClFN5O4/c11-6-4-7(16-9(13)15-6)17(2-14-4)8-10(12,20)5(19)3(18)1-21-8/h2-3,5,8,18-20H,1H2,(H2,13,15,16)/t3-,5-,8-,10+/m1/s1. The normalized spacial score (nSPS) is 33.5. The molecule has 1 aliphatic heterocycles. The number of aliphatic hydroxyl groups excluding tert-OH is 2. The lowest BCUT2D eigenvalue weighted by Crippen LogP contribution is -2.57. The van der Waals surface area contributed by atoms with E-state index in [0.29, 0.717) is 0 Å². The molecule has 5 N–H and O–H groups in total. The van der Waals surface area contributed by atoms with Crippen LogP contribution in [0.2, 0.25) is 5.15 Å². The average molecular weight is 320 g/mol. The van der Waals surface area contributed by atoms with Crippen molar-refractivity contribution in [3.05, 3.63) is 11.5 Å². The topological polar surface area (TPSA) is 140 Å². The minimum atomic E-state index is -3.25. The molecule has 0 amide bonds. The van der Waals surface area contributed by atoms with Gasteiger partial charge in [-0.25, -0.2) is 9.37 Å². The Balaban J connectivity index is 2.12. The van der Waals surface area contributed by atoms with Crippen LogP contribution in [-0.4, -0.2) is 59.5 Å². The van der Waals surface area contributed by atoms with Gasteiger partial charge in [-0.15, -0.1) is 0 Å². The number of fused-ring (bicyclic) bond motifs is 1. The molecule has 1 saturated heterocycles. The molecule has 0 bridgehead atoms. The van der Waals surface area contributed by atoms with Crippen LogP contribution in [0.4, 0.5) is 10.3 Å². The monoisotopic (exact) mass is 319 g/mol. The molecule has 2 aromatic rings. The molecular formula is C10H11ClFN5O4. The van der Waals surface area contributed by atoms with Gasteiger partial charge in [0.25, 0.3) is 5.85 Å². The summed E-state index contributed by atoms with van der Waals surface area (Å²) in [4.78, 5) is 11.4.